The smallest absolute Gasteiger partial charge is 0.229 e. The van der Waals surface area contributed by atoms with E-state index in [4.69, 9.17) is 9.47 Å². The second-order valence-corrected chi connectivity index (χ2v) is 6.86. The van der Waals surface area contributed by atoms with E-state index in [-0.39, 0.29) is 22.3 Å². The van der Waals surface area contributed by atoms with Crippen molar-refractivity contribution in [1.82, 2.24) is 0 Å². The van der Waals surface area contributed by atoms with Gasteiger partial charge in [0.05, 0.1) is 12.2 Å². The number of fused-ring (bicyclic) bond motifs is 2. The highest BCUT2D eigenvalue weighted by molar-refractivity contribution is 6.29. The van der Waals surface area contributed by atoms with Crippen molar-refractivity contribution >= 4 is 11.6 Å². The van der Waals surface area contributed by atoms with E-state index in [1.165, 1.54) is 18.2 Å². The van der Waals surface area contributed by atoms with Crippen LogP contribution in [0.4, 0.5) is 0 Å². The number of aliphatic hydroxyl groups is 4. The minimum atomic E-state index is -1.75. The van der Waals surface area contributed by atoms with Crippen LogP contribution in [0.25, 0.3) is 0 Å². The number of aliphatic hydroxyl groups excluding tert-OH is 4. The number of benzene rings is 2. The maximum Gasteiger partial charge on any atom is 0.229 e. The minimum absolute atomic E-state index is 0.00564. The molecule has 29 heavy (non-hydrogen) atoms. The molecule has 1 saturated heterocycles. The van der Waals surface area contributed by atoms with E-state index in [0.29, 0.717) is 0 Å². The van der Waals surface area contributed by atoms with Crippen molar-refractivity contribution in [1.29, 1.82) is 0 Å². The van der Waals surface area contributed by atoms with E-state index < -0.39 is 60.4 Å². The predicted octanol–water partition coefficient (Wildman–Crippen LogP) is -0.654. The second kappa shape index (κ2) is 7.21. The molecule has 1 fully saturated rings. The van der Waals surface area contributed by atoms with Crippen molar-refractivity contribution in [2.24, 2.45) is 0 Å². The summed E-state index contributed by atoms with van der Waals surface area (Å²) in [4.78, 5) is 25.8. The topological polar surface area (TPSA) is 154 Å². The molecule has 5 atom stereocenters. The quantitative estimate of drug-likeness (QED) is 0.384. The molecule has 0 aromatic heterocycles. The molecular formula is C20H18O9. The molecule has 9 heteroatoms. The maximum atomic E-state index is 13.0. The van der Waals surface area contributed by atoms with Crippen molar-refractivity contribution in [2.75, 3.05) is 6.61 Å². The summed E-state index contributed by atoms with van der Waals surface area (Å²) < 4.78 is 10.8. The highest BCUT2D eigenvalue weighted by Crippen LogP contribution is 2.40. The van der Waals surface area contributed by atoms with Crippen molar-refractivity contribution < 1.29 is 44.6 Å². The fourth-order valence-electron chi connectivity index (χ4n) is 3.55. The first kappa shape index (κ1) is 19.5. The summed E-state index contributed by atoms with van der Waals surface area (Å²) in [6.07, 6.45) is -7.90. The summed E-state index contributed by atoms with van der Waals surface area (Å²) >= 11 is 0. The number of phenols is 1. The van der Waals surface area contributed by atoms with Crippen molar-refractivity contribution in [2.45, 2.75) is 30.7 Å². The molecule has 152 valence electrons. The lowest BCUT2D eigenvalue weighted by molar-refractivity contribution is -0.277. The molecule has 1 aliphatic carbocycles. The van der Waals surface area contributed by atoms with Crippen LogP contribution in [0, 0.1) is 0 Å². The van der Waals surface area contributed by atoms with Gasteiger partial charge in [0, 0.05) is 16.7 Å². The lowest BCUT2D eigenvalue weighted by atomic mass is 9.83. The van der Waals surface area contributed by atoms with Crippen LogP contribution < -0.4 is 4.74 Å². The van der Waals surface area contributed by atoms with Crippen LogP contribution in [0.3, 0.4) is 0 Å². The van der Waals surface area contributed by atoms with E-state index in [2.05, 4.69) is 0 Å². The summed E-state index contributed by atoms with van der Waals surface area (Å²) in [5.41, 5.74) is 0.153. The Hall–Kier alpha value is -2.82. The summed E-state index contributed by atoms with van der Waals surface area (Å²) in [6, 6.07) is 8.67. The molecule has 0 unspecified atom stereocenters. The van der Waals surface area contributed by atoms with Crippen LogP contribution in [0.15, 0.2) is 36.4 Å². The predicted molar refractivity (Wildman–Crippen MR) is 95.8 cm³/mol. The number of aromatic hydroxyl groups is 1. The number of carbonyl (C=O) groups is 2. The van der Waals surface area contributed by atoms with Crippen LogP contribution in [0.2, 0.25) is 0 Å². The number of carbonyl (C=O) groups excluding carboxylic acids is 2. The Morgan fingerprint density at radius 2 is 1.52 bits per heavy atom. The van der Waals surface area contributed by atoms with E-state index in [0.717, 1.165) is 6.07 Å². The van der Waals surface area contributed by atoms with Crippen LogP contribution in [0.1, 0.15) is 31.8 Å². The van der Waals surface area contributed by atoms with Gasteiger partial charge < -0.3 is 35.0 Å². The van der Waals surface area contributed by atoms with E-state index in [1.54, 1.807) is 12.1 Å². The molecule has 4 rings (SSSR count). The van der Waals surface area contributed by atoms with Gasteiger partial charge in [-0.2, -0.15) is 0 Å². The fourth-order valence-corrected chi connectivity index (χ4v) is 3.55. The van der Waals surface area contributed by atoms with Gasteiger partial charge in [0.1, 0.15) is 24.4 Å². The molecule has 0 amide bonds. The van der Waals surface area contributed by atoms with Gasteiger partial charge in [0.15, 0.2) is 23.1 Å². The first-order valence-corrected chi connectivity index (χ1v) is 8.86. The lowest BCUT2D eigenvalue weighted by Crippen LogP contribution is -2.60. The molecule has 0 saturated carbocycles. The molecule has 2 aliphatic rings. The minimum Gasteiger partial charge on any atom is -0.504 e. The number of ketones is 2. The number of hydrogen-bond donors (Lipinski definition) is 5. The summed E-state index contributed by atoms with van der Waals surface area (Å²) in [5, 5.41) is 49.6. The highest BCUT2D eigenvalue weighted by atomic mass is 16.7. The van der Waals surface area contributed by atoms with Crippen LogP contribution >= 0.6 is 0 Å². The molecule has 1 heterocycles. The van der Waals surface area contributed by atoms with Gasteiger partial charge in [-0.25, -0.2) is 0 Å². The van der Waals surface area contributed by atoms with Crippen molar-refractivity contribution in [3.8, 4) is 11.5 Å². The molecule has 0 bridgehead atoms. The summed E-state index contributed by atoms with van der Waals surface area (Å²) in [5.74, 6) is -1.89. The first-order valence-electron chi connectivity index (χ1n) is 8.86. The monoisotopic (exact) mass is 402 g/mol. The molecule has 0 radical (unpaired) electrons. The van der Waals surface area contributed by atoms with E-state index in [1.807, 2.05) is 0 Å². The van der Waals surface area contributed by atoms with Gasteiger partial charge >= 0.3 is 0 Å². The van der Waals surface area contributed by atoms with E-state index >= 15 is 0 Å². The molecule has 1 aliphatic heterocycles. The Labute approximate surface area is 164 Å². The Bertz CT molecular complexity index is 984. The largest absolute Gasteiger partial charge is 0.504 e. The summed E-state index contributed by atoms with van der Waals surface area (Å²) in [6.45, 7) is -0.672. The number of rotatable bonds is 3. The molecule has 0 spiro atoms. The van der Waals surface area contributed by atoms with Gasteiger partial charge in [0.2, 0.25) is 6.29 Å². The zero-order chi connectivity index (χ0) is 20.9. The van der Waals surface area contributed by atoms with Gasteiger partial charge in [-0.05, 0) is 12.1 Å². The Kier molecular flexibility index (Phi) is 4.85. The van der Waals surface area contributed by atoms with Crippen LogP contribution in [-0.2, 0) is 4.74 Å². The average molecular weight is 402 g/mol. The maximum absolute atomic E-state index is 13.0. The van der Waals surface area contributed by atoms with Gasteiger partial charge in [0.25, 0.3) is 0 Å². The highest BCUT2D eigenvalue weighted by Gasteiger charge is 2.45. The normalized spacial score (nSPS) is 28.6. The molecular weight excluding hydrogens is 384 g/mol. The lowest BCUT2D eigenvalue weighted by Gasteiger charge is -2.39. The molecule has 9 nitrogen and oxygen atoms in total. The van der Waals surface area contributed by atoms with Crippen LogP contribution in [0.5, 0.6) is 11.5 Å². The number of hydrogen-bond acceptors (Lipinski definition) is 9. The third-order valence-electron chi connectivity index (χ3n) is 5.11. The van der Waals surface area contributed by atoms with Crippen molar-refractivity contribution in [3.63, 3.8) is 0 Å². The first-order chi connectivity index (χ1) is 13.8. The average Bonchev–Trinajstić information content (AvgIpc) is 2.73. The molecule has 5 N–H and O–H groups in total. The van der Waals surface area contributed by atoms with Crippen molar-refractivity contribution in [3.05, 3.63) is 58.7 Å². The fraction of sp³-hybridized carbons (Fsp3) is 0.300. The molecule has 2 aromatic rings. The summed E-state index contributed by atoms with van der Waals surface area (Å²) in [7, 11) is 0. The van der Waals surface area contributed by atoms with E-state index in [9.17, 15) is 35.1 Å². The van der Waals surface area contributed by atoms with Crippen LogP contribution in [-0.4, -0.2) is 74.4 Å². The second-order valence-electron chi connectivity index (χ2n) is 6.86. The SMILES string of the molecule is O=C1c2ccccc2C(=O)c2c1ccc(O)c2O[C@@H]1O[C@H](CO)[C@@H](O)[C@H](O)[C@H]1O. The standard InChI is InChI=1S/C20H18O9/c21-7-12-16(25)17(26)18(27)20(28-12)29-19-11(22)6-5-10-13(19)15(24)9-4-2-1-3-8(9)14(10)23/h1-6,12,16-18,20-22,25-27H,7H2/t12-,16-,17+,18-,20+/m1/s1. The third-order valence-corrected chi connectivity index (χ3v) is 5.11. The zero-order valence-corrected chi connectivity index (χ0v) is 14.9. The molecule has 2 aromatic carbocycles. The number of phenolic OH excluding ortho intramolecular Hbond substituents is 1. The third kappa shape index (κ3) is 3.00. The number of ether oxygens (including phenoxy) is 2. The van der Waals surface area contributed by atoms with Gasteiger partial charge in [-0.1, -0.05) is 24.3 Å². The Morgan fingerprint density at radius 3 is 2.17 bits per heavy atom. The Morgan fingerprint density at radius 1 is 0.862 bits per heavy atom. The Balaban J connectivity index is 1.77. The van der Waals surface area contributed by atoms with Gasteiger partial charge in [-0.3, -0.25) is 9.59 Å². The van der Waals surface area contributed by atoms with Gasteiger partial charge in [-0.15, -0.1) is 0 Å². The zero-order valence-electron chi connectivity index (χ0n) is 14.9.